The summed E-state index contributed by atoms with van der Waals surface area (Å²) in [5, 5.41) is 7.85. The number of fused-ring (bicyclic) bond motifs is 2. The summed E-state index contributed by atoms with van der Waals surface area (Å²) in [5.74, 6) is 2.14. The standard InChI is InChI=1S/C24H28N6O4/c31-23(30-9-11-32-12-10-30)16-5-6-18(20-19(16)33-13-14-34-20)27-24-28-21-17(7-8-25-21)22(29-24)26-15-3-1-2-4-15/h5-8,15H,1-4,9-14H2,(H3,25,26,27,28,29). The fourth-order valence-electron chi connectivity index (χ4n) is 4.83. The minimum Gasteiger partial charge on any atom is -0.485 e. The lowest BCUT2D eigenvalue weighted by atomic mass is 10.1. The summed E-state index contributed by atoms with van der Waals surface area (Å²) in [6.07, 6.45) is 6.64. The van der Waals surface area contributed by atoms with Crippen molar-refractivity contribution in [3.63, 3.8) is 0 Å². The number of nitrogens with zero attached hydrogens (tertiary/aromatic N) is 3. The maximum atomic E-state index is 13.1. The molecule has 3 N–H and O–H groups in total. The Morgan fingerprint density at radius 3 is 2.62 bits per heavy atom. The van der Waals surface area contributed by atoms with Crippen LogP contribution in [0.3, 0.4) is 0 Å². The predicted octanol–water partition coefficient (Wildman–Crippen LogP) is 3.30. The first-order valence-corrected chi connectivity index (χ1v) is 11.9. The average Bonchev–Trinajstić information content (AvgIpc) is 3.57. The van der Waals surface area contributed by atoms with E-state index in [4.69, 9.17) is 19.2 Å². The zero-order valence-electron chi connectivity index (χ0n) is 18.9. The molecule has 1 aliphatic carbocycles. The number of morpholine rings is 1. The molecule has 1 aromatic carbocycles. The van der Waals surface area contributed by atoms with Gasteiger partial charge >= 0.3 is 0 Å². The Labute approximate surface area is 197 Å². The van der Waals surface area contributed by atoms with E-state index in [1.165, 1.54) is 12.8 Å². The van der Waals surface area contributed by atoms with Gasteiger partial charge in [0.25, 0.3) is 5.91 Å². The number of ether oxygens (including phenoxy) is 3. The van der Waals surface area contributed by atoms with Crippen LogP contribution in [-0.4, -0.2) is 71.3 Å². The molecule has 0 atom stereocenters. The van der Waals surface area contributed by atoms with Gasteiger partial charge < -0.3 is 34.7 Å². The highest BCUT2D eigenvalue weighted by atomic mass is 16.6. The number of aromatic nitrogens is 3. The topological polar surface area (TPSA) is 114 Å². The van der Waals surface area contributed by atoms with E-state index in [2.05, 4.69) is 20.6 Å². The van der Waals surface area contributed by atoms with Crippen LogP contribution in [0.15, 0.2) is 24.4 Å². The first-order chi connectivity index (χ1) is 16.8. The molecule has 10 nitrogen and oxygen atoms in total. The maximum absolute atomic E-state index is 13.1. The van der Waals surface area contributed by atoms with Crippen molar-refractivity contribution in [2.75, 3.05) is 50.2 Å². The molecule has 6 rings (SSSR count). The van der Waals surface area contributed by atoms with Crippen molar-refractivity contribution in [2.24, 2.45) is 0 Å². The number of hydrogen-bond donors (Lipinski definition) is 3. The molecule has 0 spiro atoms. The van der Waals surface area contributed by atoms with Crippen LogP contribution in [0.2, 0.25) is 0 Å². The minimum absolute atomic E-state index is 0.0799. The molecule has 0 radical (unpaired) electrons. The SMILES string of the molecule is O=C(c1ccc(Nc2nc(NC3CCCC3)c3cc[nH]c3n2)c2c1OCCO2)N1CCOCC1. The minimum atomic E-state index is -0.0799. The molecule has 1 saturated heterocycles. The number of anilines is 3. The number of rotatable bonds is 5. The van der Waals surface area contributed by atoms with E-state index >= 15 is 0 Å². The number of amides is 1. The molecule has 4 heterocycles. The average molecular weight is 465 g/mol. The molecular formula is C24H28N6O4. The second kappa shape index (κ2) is 9.02. The van der Waals surface area contributed by atoms with Gasteiger partial charge in [-0.15, -0.1) is 0 Å². The molecular weight excluding hydrogens is 436 g/mol. The van der Waals surface area contributed by atoms with Crippen LogP contribution in [0.4, 0.5) is 17.5 Å². The zero-order chi connectivity index (χ0) is 22.9. The Morgan fingerprint density at radius 1 is 1.00 bits per heavy atom. The van der Waals surface area contributed by atoms with Crippen LogP contribution < -0.4 is 20.1 Å². The lowest BCUT2D eigenvalue weighted by Crippen LogP contribution is -2.41. The first-order valence-electron chi connectivity index (χ1n) is 11.9. The summed E-state index contributed by atoms with van der Waals surface area (Å²) in [6, 6.07) is 6.02. The Bertz CT molecular complexity index is 1200. The normalized spacial score (nSPS) is 18.3. The van der Waals surface area contributed by atoms with Gasteiger partial charge in [0, 0.05) is 25.3 Å². The Hall–Kier alpha value is -3.53. The molecule has 0 unspecified atom stereocenters. The Morgan fingerprint density at radius 2 is 1.79 bits per heavy atom. The molecule has 0 bridgehead atoms. The predicted molar refractivity (Wildman–Crippen MR) is 127 cm³/mol. The number of nitrogens with one attached hydrogen (secondary N) is 3. The van der Waals surface area contributed by atoms with Crippen LogP contribution in [0.25, 0.3) is 11.0 Å². The zero-order valence-corrected chi connectivity index (χ0v) is 18.9. The number of carbonyl (C=O) groups excluding carboxylic acids is 1. The van der Waals surface area contributed by atoms with Gasteiger partial charge in [0.15, 0.2) is 11.5 Å². The van der Waals surface area contributed by atoms with Crippen molar-refractivity contribution in [3.8, 4) is 11.5 Å². The van der Waals surface area contributed by atoms with Gasteiger partial charge in [-0.25, -0.2) is 0 Å². The lowest BCUT2D eigenvalue weighted by molar-refractivity contribution is 0.0298. The molecule has 10 heteroatoms. The van der Waals surface area contributed by atoms with E-state index in [1.54, 1.807) is 11.0 Å². The van der Waals surface area contributed by atoms with Gasteiger partial charge in [-0.1, -0.05) is 12.8 Å². The van der Waals surface area contributed by atoms with Crippen molar-refractivity contribution >= 4 is 34.4 Å². The van der Waals surface area contributed by atoms with E-state index in [0.29, 0.717) is 74.3 Å². The summed E-state index contributed by atoms with van der Waals surface area (Å²) in [5.41, 5.74) is 1.90. The fraction of sp³-hybridized carbons (Fsp3) is 0.458. The summed E-state index contributed by atoms with van der Waals surface area (Å²) in [4.78, 5) is 27.5. The number of H-pyrrole nitrogens is 1. The van der Waals surface area contributed by atoms with E-state index < -0.39 is 0 Å². The highest BCUT2D eigenvalue weighted by Gasteiger charge is 2.28. The van der Waals surface area contributed by atoms with E-state index in [-0.39, 0.29) is 5.91 Å². The molecule has 2 fully saturated rings. The molecule has 3 aromatic rings. The summed E-state index contributed by atoms with van der Waals surface area (Å²) >= 11 is 0. The maximum Gasteiger partial charge on any atom is 0.257 e. The van der Waals surface area contributed by atoms with Gasteiger partial charge in [-0.2, -0.15) is 9.97 Å². The summed E-state index contributed by atoms with van der Waals surface area (Å²) in [7, 11) is 0. The molecule has 2 aliphatic heterocycles. The van der Waals surface area contributed by atoms with E-state index in [9.17, 15) is 4.79 Å². The second-order valence-electron chi connectivity index (χ2n) is 8.81. The Kier molecular flexibility index (Phi) is 5.58. The van der Waals surface area contributed by atoms with E-state index in [0.717, 1.165) is 29.7 Å². The quantitative estimate of drug-likeness (QED) is 0.527. The molecule has 34 heavy (non-hydrogen) atoms. The molecule has 178 valence electrons. The molecule has 1 saturated carbocycles. The molecule has 1 amide bonds. The third kappa shape index (κ3) is 3.98. The lowest BCUT2D eigenvalue weighted by Gasteiger charge is -2.29. The first kappa shape index (κ1) is 21.0. The number of carbonyl (C=O) groups is 1. The third-order valence-electron chi connectivity index (χ3n) is 6.58. The van der Waals surface area contributed by atoms with Crippen molar-refractivity contribution in [2.45, 2.75) is 31.7 Å². The van der Waals surface area contributed by atoms with Crippen LogP contribution >= 0.6 is 0 Å². The van der Waals surface area contributed by atoms with Gasteiger partial charge in [0.1, 0.15) is 24.7 Å². The fourth-order valence-corrected chi connectivity index (χ4v) is 4.83. The van der Waals surface area contributed by atoms with Crippen molar-refractivity contribution in [3.05, 3.63) is 30.0 Å². The van der Waals surface area contributed by atoms with Crippen LogP contribution in [0, 0.1) is 0 Å². The van der Waals surface area contributed by atoms with Gasteiger partial charge in [0.05, 0.1) is 29.9 Å². The van der Waals surface area contributed by atoms with Crippen LogP contribution in [0.1, 0.15) is 36.0 Å². The van der Waals surface area contributed by atoms with Crippen molar-refractivity contribution in [1.82, 2.24) is 19.9 Å². The smallest absolute Gasteiger partial charge is 0.257 e. The monoisotopic (exact) mass is 464 g/mol. The highest BCUT2D eigenvalue weighted by molar-refractivity contribution is 5.99. The largest absolute Gasteiger partial charge is 0.485 e. The van der Waals surface area contributed by atoms with Gasteiger partial charge in [0.2, 0.25) is 5.95 Å². The second-order valence-corrected chi connectivity index (χ2v) is 8.81. The summed E-state index contributed by atoms with van der Waals surface area (Å²) in [6.45, 7) is 3.01. The van der Waals surface area contributed by atoms with Gasteiger partial charge in [-0.05, 0) is 31.0 Å². The van der Waals surface area contributed by atoms with Crippen LogP contribution in [-0.2, 0) is 4.74 Å². The van der Waals surface area contributed by atoms with Crippen molar-refractivity contribution < 1.29 is 19.0 Å². The number of benzene rings is 1. The van der Waals surface area contributed by atoms with Crippen molar-refractivity contribution in [1.29, 1.82) is 0 Å². The molecule has 3 aliphatic rings. The van der Waals surface area contributed by atoms with E-state index in [1.807, 2.05) is 18.3 Å². The molecule has 2 aromatic heterocycles. The number of hydrogen-bond acceptors (Lipinski definition) is 8. The number of aromatic amines is 1. The highest BCUT2D eigenvalue weighted by Crippen LogP contribution is 2.42. The van der Waals surface area contributed by atoms with Crippen LogP contribution in [0.5, 0.6) is 11.5 Å². The van der Waals surface area contributed by atoms with Gasteiger partial charge in [-0.3, -0.25) is 4.79 Å². The third-order valence-corrected chi connectivity index (χ3v) is 6.58. The summed E-state index contributed by atoms with van der Waals surface area (Å²) < 4.78 is 17.2. The Balaban J connectivity index is 1.32.